The molecule has 126 valence electrons. The molecular weight excluding hydrogens is 316 g/mol. The van der Waals surface area contributed by atoms with Crippen molar-refractivity contribution in [3.05, 3.63) is 51.5 Å². The molecule has 4 rings (SSSR count). The summed E-state index contributed by atoms with van der Waals surface area (Å²) in [5.41, 5.74) is 3.93. The van der Waals surface area contributed by atoms with Crippen molar-refractivity contribution in [3.63, 3.8) is 0 Å². The van der Waals surface area contributed by atoms with Gasteiger partial charge in [0.2, 0.25) is 5.91 Å². The van der Waals surface area contributed by atoms with Gasteiger partial charge in [0.1, 0.15) is 0 Å². The van der Waals surface area contributed by atoms with Crippen LogP contribution >= 0.6 is 11.3 Å². The molecule has 1 saturated heterocycles. The molecule has 3 nitrogen and oxygen atoms in total. The van der Waals surface area contributed by atoms with Gasteiger partial charge >= 0.3 is 0 Å². The maximum absolute atomic E-state index is 12.9. The number of carbonyl (C=O) groups excluding carboxylic acids is 1. The minimum atomic E-state index is 0.328. The number of hydrogen-bond acceptors (Lipinski definition) is 3. The Morgan fingerprint density at radius 3 is 3.04 bits per heavy atom. The van der Waals surface area contributed by atoms with Crippen LogP contribution in [0.15, 0.2) is 29.6 Å². The highest BCUT2D eigenvalue weighted by atomic mass is 32.1. The van der Waals surface area contributed by atoms with Crippen molar-refractivity contribution < 1.29 is 4.79 Å². The van der Waals surface area contributed by atoms with E-state index in [4.69, 9.17) is 0 Å². The topological polar surface area (TPSA) is 33.2 Å². The summed E-state index contributed by atoms with van der Waals surface area (Å²) < 4.78 is 0. The average molecular weight is 340 g/mol. The molecule has 24 heavy (non-hydrogen) atoms. The average Bonchev–Trinajstić information content (AvgIpc) is 3.22. The predicted octanol–water partition coefficient (Wildman–Crippen LogP) is 4.28. The lowest BCUT2D eigenvalue weighted by molar-refractivity contribution is -0.132. The van der Waals surface area contributed by atoms with Crippen molar-refractivity contribution in [2.45, 2.75) is 50.9 Å². The second-order valence-corrected chi connectivity index (χ2v) is 8.03. The summed E-state index contributed by atoms with van der Waals surface area (Å²) in [4.78, 5) is 19.6. The first-order valence-electron chi connectivity index (χ1n) is 8.98. The fourth-order valence-electron chi connectivity index (χ4n) is 4.16. The van der Waals surface area contributed by atoms with Gasteiger partial charge in [-0.25, -0.2) is 4.98 Å². The van der Waals surface area contributed by atoms with Gasteiger partial charge in [0.25, 0.3) is 0 Å². The van der Waals surface area contributed by atoms with Crippen LogP contribution in [0.25, 0.3) is 0 Å². The number of amides is 1. The number of thiazole rings is 1. The number of fused-ring (bicyclic) bond motifs is 1. The smallest absolute Gasteiger partial charge is 0.223 e. The number of hydrogen-bond donors (Lipinski definition) is 0. The van der Waals surface area contributed by atoms with Crippen LogP contribution in [0.5, 0.6) is 0 Å². The largest absolute Gasteiger partial charge is 0.342 e. The molecule has 0 N–H and O–H groups in total. The maximum atomic E-state index is 12.9. The Bertz CT molecular complexity index is 739. The first-order valence-corrected chi connectivity index (χ1v) is 9.86. The molecule has 2 aromatic rings. The lowest BCUT2D eigenvalue weighted by Crippen LogP contribution is -2.39. The van der Waals surface area contributed by atoms with Crippen LogP contribution in [-0.4, -0.2) is 28.9 Å². The Morgan fingerprint density at radius 1 is 1.33 bits per heavy atom. The van der Waals surface area contributed by atoms with E-state index in [0.717, 1.165) is 44.5 Å². The monoisotopic (exact) mass is 340 g/mol. The van der Waals surface area contributed by atoms with Gasteiger partial charge < -0.3 is 4.90 Å². The standard InChI is InChI=1S/C20H24N2OS/c1-14-13-24-20(21-14)17-6-4-10-22(12-17)19(23)11-16-9-8-15-5-2-3-7-18(15)16/h2-3,5,7,13,16-17H,4,6,8-12H2,1H3/t16-,17-/m1/s1. The fourth-order valence-corrected chi connectivity index (χ4v) is 5.09. The zero-order valence-electron chi connectivity index (χ0n) is 14.2. The first-order chi connectivity index (χ1) is 11.7. The van der Waals surface area contributed by atoms with E-state index in [-0.39, 0.29) is 0 Å². The second kappa shape index (κ2) is 6.67. The number of carbonyl (C=O) groups is 1. The molecule has 1 amide bonds. The highest BCUT2D eigenvalue weighted by Crippen LogP contribution is 2.36. The van der Waals surface area contributed by atoms with E-state index in [1.54, 1.807) is 11.3 Å². The van der Waals surface area contributed by atoms with Crippen molar-refractivity contribution >= 4 is 17.2 Å². The molecule has 4 heteroatoms. The molecule has 0 saturated carbocycles. The number of rotatable bonds is 3. The molecular formula is C20H24N2OS. The normalized spacial score (nSPS) is 23.3. The third-order valence-corrected chi connectivity index (χ3v) is 6.56. The van der Waals surface area contributed by atoms with Gasteiger partial charge in [-0.05, 0) is 49.7 Å². The van der Waals surface area contributed by atoms with Crippen LogP contribution in [0, 0.1) is 6.92 Å². The fraction of sp³-hybridized carbons (Fsp3) is 0.500. The summed E-state index contributed by atoms with van der Waals surface area (Å²) in [6, 6.07) is 8.62. The Hall–Kier alpha value is -1.68. The van der Waals surface area contributed by atoms with Crippen LogP contribution in [-0.2, 0) is 11.2 Å². The highest BCUT2D eigenvalue weighted by molar-refractivity contribution is 7.09. The lowest BCUT2D eigenvalue weighted by atomic mass is 9.94. The molecule has 1 aromatic heterocycles. The van der Waals surface area contributed by atoms with E-state index in [1.807, 2.05) is 6.92 Å². The Balaban J connectivity index is 1.41. The van der Waals surface area contributed by atoms with Crippen molar-refractivity contribution in [2.75, 3.05) is 13.1 Å². The van der Waals surface area contributed by atoms with E-state index >= 15 is 0 Å². The molecule has 1 aliphatic heterocycles. The van der Waals surface area contributed by atoms with Gasteiger partial charge in [-0.3, -0.25) is 4.79 Å². The van der Waals surface area contributed by atoms with Crippen molar-refractivity contribution in [2.24, 2.45) is 0 Å². The lowest BCUT2D eigenvalue weighted by Gasteiger charge is -2.32. The van der Waals surface area contributed by atoms with Gasteiger partial charge in [0.05, 0.1) is 5.01 Å². The van der Waals surface area contributed by atoms with Crippen LogP contribution in [0.4, 0.5) is 0 Å². The minimum Gasteiger partial charge on any atom is -0.342 e. The molecule has 2 aliphatic rings. The number of aromatic nitrogens is 1. The van der Waals surface area contributed by atoms with Gasteiger partial charge in [0.15, 0.2) is 0 Å². The third-order valence-electron chi connectivity index (χ3n) is 5.44. The molecule has 0 bridgehead atoms. The van der Waals surface area contributed by atoms with E-state index in [9.17, 15) is 4.79 Å². The molecule has 2 heterocycles. The quantitative estimate of drug-likeness (QED) is 0.835. The number of piperidine rings is 1. The summed E-state index contributed by atoms with van der Waals surface area (Å²) in [5, 5.41) is 3.32. The highest BCUT2D eigenvalue weighted by Gasteiger charge is 2.30. The number of nitrogens with zero attached hydrogens (tertiary/aromatic N) is 2. The molecule has 0 unspecified atom stereocenters. The molecule has 2 atom stereocenters. The van der Waals surface area contributed by atoms with Gasteiger partial charge in [-0.1, -0.05) is 24.3 Å². The Morgan fingerprint density at radius 2 is 2.21 bits per heavy atom. The summed E-state index contributed by atoms with van der Waals surface area (Å²) in [5.74, 6) is 1.17. The predicted molar refractivity (Wildman–Crippen MR) is 97.5 cm³/mol. The van der Waals surface area contributed by atoms with Crippen LogP contribution < -0.4 is 0 Å². The SMILES string of the molecule is Cc1csc([C@@H]2CCCN(C(=O)C[C@H]3CCc4ccccc43)C2)n1. The van der Waals surface area contributed by atoms with E-state index in [0.29, 0.717) is 24.2 Å². The molecule has 1 fully saturated rings. The number of likely N-dealkylation sites (tertiary alicyclic amines) is 1. The van der Waals surface area contributed by atoms with Crippen LogP contribution in [0.1, 0.15) is 59.3 Å². The number of benzene rings is 1. The van der Waals surface area contributed by atoms with Crippen LogP contribution in [0.2, 0.25) is 0 Å². The van der Waals surface area contributed by atoms with E-state index in [1.165, 1.54) is 16.1 Å². The summed E-state index contributed by atoms with van der Waals surface area (Å²) in [6.07, 6.45) is 5.16. The summed E-state index contributed by atoms with van der Waals surface area (Å²) in [7, 11) is 0. The van der Waals surface area contributed by atoms with Crippen molar-refractivity contribution in [3.8, 4) is 0 Å². The third kappa shape index (κ3) is 3.12. The van der Waals surface area contributed by atoms with E-state index in [2.05, 4.69) is 39.5 Å². The maximum Gasteiger partial charge on any atom is 0.223 e. The number of aryl methyl sites for hydroxylation is 2. The zero-order valence-corrected chi connectivity index (χ0v) is 15.0. The first kappa shape index (κ1) is 15.8. The zero-order chi connectivity index (χ0) is 16.5. The Labute approximate surface area is 147 Å². The minimum absolute atomic E-state index is 0.328. The molecule has 0 radical (unpaired) electrons. The van der Waals surface area contributed by atoms with Crippen molar-refractivity contribution in [1.29, 1.82) is 0 Å². The van der Waals surface area contributed by atoms with Gasteiger partial charge in [-0.2, -0.15) is 0 Å². The van der Waals surface area contributed by atoms with Gasteiger partial charge in [0, 0.05) is 36.5 Å². The summed E-state index contributed by atoms with van der Waals surface area (Å²) in [6.45, 7) is 3.80. The molecule has 1 aromatic carbocycles. The van der Waals surface area contributed by atoms with Crippen molar-refractivity contribution in [1.82, 2.24) is 9.88 Å². The summed E-state index contributed by atoms with van der Waals surface area (Å²) >= 11 is 1.74. The Kier molecular flexibility index (Phi) is 4.40. The van der Waals surface area contributed by atoms with Gasteiger partial charge in [-0.15, -0.1) is 11.3 Å². The van der Waals surface area contributed by atoms with Crippen LogP contribution in [0.3, 0.4) is 0 Å². The second-order valence-electron chi connectivity index (χ2n) is 7.14. The molecule has 0 spiro atoms. The molecule has 1 aliphatic carbocycles. The van der Waals surface area contributed by atoms with E-state index < -0.39 is 0 Å².